The van der Waals surface area contributed by atoms with Crippen molar-refractivity contribution in [1.82, 2.24) is 4.98 Å². The Morgan fingerprint density at radius 1 is 1.42 bits per heavy atom. The third-order valence-electron chi connectivity index (χ3n) is 2.18. The largest absolute Gasteiger partial charge is 0.361 e. The maximum Gasteiger partial charge on any atom is 0.176 e. The van der Waals surface area contributed by atoms with Crippen LogP contribution in [0.3, 0.4) is 0 Å². The van der Waals surface area contributed by atoms with Gasteiger partial charge in [0.25, 0.3) is 0 Å². The third-order valence-corrected chi connectivity index (χ3v) is 2.18. The first-order valence-electron chi connectivity index (χ1n) is 4.26. The summed E-state index contributed by atoms with van der Waals surface area (Å²) in [5, 5.41) is 1.30. The van der Waals surface area contributed by atoms with Crippen molar-refractivity contribution < 1.29 is 4.98 Å². The molecule has 2 N–H and O–H groups in total. The van der Waals surface area contributed by atoms with E-state index in [1.165, 1.54) is 16.5 Å². The topological polar surface area (TPSA) is 29.9 Å². The maximum atomic E-state index is 3.25. The van der Waals surface area contributed by atoms with Gasteiger partial charge in [0.15, 0.2) is 12.4 Å². The number of pyridine rings is 1. The number of hydrogen-bond acceptors (Lipinski definition) is 0. The van der Waals surface area contributed by atoms with E-state index >= 15 is 0 Å². The molecule has 0 bridgehead atoms. The molecule has 0 aliphatic carbocycles. The highest BCUT2D eigenvalue weighted by molar-refractivity contribution is 5.81. The smallest absolute Gasteiger partial charge is 0.176 e. The number of hydrogen-bond donors (Lipinski definition) is 1. The Morgan fingerprint density at radius 2 is 2.25 bits per heavy atom. The average molecular weight is 161 g/mol. The second-order valence-corrected chi connectivity index (χ2v) is 3.37. The van der Waals surface area contributed by atoms with E-state index < -0.39 is 0 Å². The summed E-state index contributed by atoms with van der Waals surface area (Å²) in [7, 11) is 0. The van der Waals surface area contributed by atoms with Crippen LogP contribution in [0.2, 0.25) is 0 Å². The Labute approximate surface area is 71.6 Å². The zero-order chi connectivity index (χ0) is 8.55. The summed E-state index contributed by atoms with van der Waals surface area (Å²) in [5.41, 5.74) is 2.58. The van der Waals surface area contributed by atoms with Crippen LogP contribution >= 0.6 is 0 Å². The molecule has 0 spiro atoms. The summed E-state index contributed by atoms with van der Waals surface area (Å²) < 4.78 is 0. The normalized spacial score (nSPS) is 11.2. The molecule has 2 rings (SSSR count). The molecule has 2 nitrogen and oxygen atoms in total. The molecule has 0 saturated carbocycles. The van der Waals surface area contributed by atoms with Crippen molar-refractivity contribution in [2.45, 2.75) is 19.8 Å². The van der Waals surface area contributed by atoms with Crippen molar-refractivity contribution in [1.29, 1.82) is 0 Å². The number of rotatable bonds is 1. The molecule has 0 radical (unpaired) electrons. The van der Waals surface area contributed by atoms with E-state index in [9.17, 15) is 0 Å². The Bertz CT molecular complexity index is 387. The van der Waals surface area contributed by atoms with Crippen molar-refractivity contribution in [3.8, 4) is 0 Å². The molecule has 0 aliphatic rings. The van der Waals surface area contributed by atoms with Gasteiger partial charge in [0.2, 0.25) is 0 Å². The Balaban J connectivity index is 2.70. The van der Waals surface area contributed by atoms with Gasteiger partial charge in [0.05, 0.1) is 10.9 Å². The van der Waals surface area contributed by atoms with Crippen molar-refractivity contribution in [2.75, 3.05) is 0 Å². The van der Waals surface area contributed by atoms with Crippen LogP contribution in [0.25, 0.3) is 10.9 Å². The van der Waals surface area contributed by atoms with Gasteiger partial charge in [0.1, 0.15) is 0 Å². The average Bonchev–Trinajstić information content (AvgIpc) is 2.47. The quantitative estimate of drug-likeness (QED) is 0.664. The molecule has 2 aromatic rings. The molecular formula is C10H13N2+. The lowest BCUT2D eigenvalue weighted by atomic mass is 10.0. The molecule has 0 unspecified atom stereocenters. The Morgan fingerprint density at radius 3 is 3.00 bits per heavy atom. The molecule has 2 heterocycles. The molecule has 0 fully saturated rings. The maximum absolute atomic E-state index is 3.25. The predicted octanol–water partition coefficient (Wildman–Crippen LogP) is 2.11. The van der Waals surface area contributed by atoms with Crippen molar-refractivity contribution in [2.24, 2.45) is 0 Å². The summed E-state index contributed by atoms with van der Waals surface area (Å²) in [6.07, 6.45) is 6.06. The lowest BCUT2D eigenvalue weighted by Crippen LogP contribution is -1.97. The lowest BCUT2D eigenvalue weighted by molar-refractivity contribution is -0.375. The van der Waals surface area contributed by atoms with Crippen LogP contribution in [-0.2, 0) is 0 Å². The molecular weight excluding hydrogens is 148 g/mol. The highest BCUT2D eigenvalue weighted by atomic mass is 14.7. The highest BCUT2D eigenvalue weighted by Crippen LogP contribution is 2.22. The van der Waals surface area contributed by atoms with Crippen molar-refractivity contribution in [3.05, 3.63) is 30.2 Å². The minimum Gasteiger partial charge on any atom is -0.361 e. The molecule has 2 aromatic heterocycles. The van der Waals surface area contributed by atoms with E-state index in [0.29, 0.717) is 5.92 Å². The number of H-pyrrole nitrogens is 2. The van der Waals surface area contributed by atoms with Gasteiger partial charge in [-0.25, -0.2) is 4.98 Å². The molecule has 2 heteroatoms. The highest BCUT2D eigenvalue weighted by Gasteiger charge is 2.07. The first kappa shape index (κ1) is 7.35. The zero-order valence-electron chi connectivity index (χ0n) is 7.39. The Hall–Kier alpha value is -1.31. The second-order valence-electron chi connectivity index (χ2n) is 3.37. The summed E-state index contributed by atoms with van der Waals surface area (Å²) >= 11 is 0. The molecule has 0 aliphatic heterocycles. The summed E-state index contributed by atoms with van der Waals surface area (Å²) in [6, 6.07) is 2.06. The molecule has 0 saturated heterocycles. The van der Waals surface area contributed by atoms with Crippen LogP contribution < -0.4 is 4.98 Å². The van der Waals surface area contributed by atoms with Crippen molar-refractivity contribution >= 4 is 10.9 Å². The Kier molecular flexibility index (Phi) is 1.61. The first-order valence-corrected chi connectivity index (χ1v) is 4.26. The standard InChI is InChI=1S/C10H12N2/c1-7(2)8-6-12-10-3-4-11-5-9(8)10/h3-7,12H,1-2H3/p+1. The first-order chi connectivity index (χ1) is 5.79. The van der Waals surface area contributed by atoms with Crippen LogP contribution in [-0.4, -0.2) is 4.98 Å². The third kappa shape index (κ3) is 0.998. The number of fused-ring (bicyclic) bond motifs is 1. The van der Waals surface area contributed by atoms with E-state index in [-0.39, 0.29) is 0 Å². The van der Waals surface area contributed by atoms with Crippen LogP contribution in [0.4, 0.5) is 0 Å². The van der Waals surface area contributed by atoms with Crippen LogP contribution in [0, 0.1) is 0 Å². The van der Waals surface area contributed by atoms with Crippen LogP contribution in [0.5, 0.6) is 0 Å². The van der Waals surface area contributed by atoms with E-state index in [1.807, 2.05) is 12.4 Å². The van der Waals surface area contributed by atoms with Gasteiger partial charge in [-0.3, -0.25) is 0 Å². The van der Waals surface area contributed by atoms with Gasteiger partial charge in [-0.1, -0.05) is 13.8 Å². The second kappa shape index (κ2) is 2.63. The molecule has 0 amide bonds. The van der Waals surface area contributed by atoms with Crippen LogP contribution in [0.1, 0.15) is 25.3 Å². The minimum atomic E-state index is 0.578. The number of nitrogens with one attached hydrogen (secondary N) is 2. The van der Waals surface area contributed by atoms with Gasteiger partial charge in [-0.2, -0.15) is 0 Å². The van der Waals surface area contributed by atoms with Gasteiger partial charge >= 0.3 is 0 Å². The minimum absolute atomic E-state index is 0.578. The van der Waals surface area contributed by atoms with E-state index in [1.54, 1.807) is 0 Å². The van der Waals surface area contributed by atoms with Gasteiger partial charge in [-0.05, 0) is 11.5 Å². The van der Waals surface area contributed by atoms with E-state index in [4.69, 9.17) is 0 Å². The summed E-state index contributed by atoms with van der Waals surface area (Å²) in [5.74, 6) is 0.578. The molecule has 12 heavy (non-hydrogen) atoms. The van der Waals surface area contributed by atoms with E-state index in [2.05, 4.69) is 36.1 Å². The fraction of sp³-hybridized carbons (Fsp3) is 0.300. The zero-order valence-corrected chi connectivity index (χ0v) is 7.39. The lowest BCUT2D eigenvalue weighted by Gasteiger charge is -1.98. The van der Waals surface area contributed by atoms with Crippen molar-refractivity contribution in [3.63, 3.8) is 0 Å². The number of aromatic nitrogens is 2. The predicted molar refractivity (Wildman–Crippen MR) is 48.9 cm³/mol. The monoisotopic (exact) mass is 161 g/mol. The summed E-state index contributed by atoms with van der Waals surface area (Å²) in [4.78, 5) is 6.35. The van der Waals surface area contributed by atoms with Crippen LogP contribution in [0.15, 0.2) is 24.7 Å². The summed E-state index contributed by atoms with van der Waals surface area (Å²) in [6.45, 7) is 4.41. The molecule has 0 aromatic carbocycles. The van der Waals surface area contributed by atoms with Gasteiger partial charge in [0, 0.05) is 12.3 Å². The number of aromatic amines is 2. The molecule has 0 atom stereocenters. The fourth-order valence-corrected chi connectivity index (χ4v) is 1.51. The van der Waals surface area contributed by atoms with Gasteiger partial charge < -0.3 is 4.98 Å². The fourth-order valence-electron chi connectivity index (χ4n) is 1.51. The molecule has 62 valence electrons. The SMILES string of the molecule is CC(C)c1c[nH]c2cc[nH+]cc12. The van der Waals surface area contributed by atoms with Gasteiger partial charge in [-0.15, -0.1) is 0 Å². The van der Waals surface area contributed by atoms with E-state index in [0.717, 1.165) is 0 Å².